The van der Waals surface area contributed by atoms with Crippen LogP contribution in [0.25, 0.3) is 0 Å². The van der Waals surface area contributed by atoms with Gasteiger partial charge in [0.15, 0.2) is 0 Å². The van der Waals surface area contributed by atoms with Crippen molar-refractivity contribution < 1.29 is 0 Å². The molecule has 0 fully saturated rings. The average Bonchev–Trinajstić information content (AvgIpc) is 2.45. The highest BCUT2D eigenvalue weighted by Crippen LogP contribution is 2.30. The Balaban J connectivity index is 2.33. The maximum Gasteiger partial charge on any atom is 0.139 e. The second-order valence-corrected chi connectivity index (χ2v) is 5.64. The molecule has 0 saturated heterocycles. The Bertz CT molecular complexity index is 599. The minimum absolute atomic E-state index is 0.312. The normalized spacial score (nSPS) is 10.7. The van der Waals surface area contributed by atoms with Crippen molar-refractivity contribution in [1.29, 1.82) is 0 Å². The van der Waals surface area contributed by atoms with E-state index in [4.69, 9.17) is 11.6 Å². The van der Waals surface area contributed by atoms with Crippen LogP contribution in [-0.4, -0.2) is 16.5 Å². The van der Waals surface area contributed by atoms with Gasteiger partial charge in [-0.3, -0.25) is 0 Å². The van der Waals surface area contributed by atoms with Crippen molar-refractivity contribution in [3.8, 4) is 0 Å². The van der Waals surface area contributed by atoms with E-state index in [-0.39, 0.29) is 0 Å². The first kappa shape index (κ1) is 15.6. The molecule has 21 heavy (non-hydrogen) atoms. The van der Waals surface area contributed by atoms with Crippen molar-refractivity contribution >= 4 is 28.9 Å². The smallest absolute Gasteiger partial charge is 0.139 e. The number of nitrogens with zero attached hydrogens (tertiary/aromatic N) is 2. The predicted octanol–water partition coefficient (Wildman–Crippen LogP) is 4.82. The van der Waals surface area contributed by atoms with E-state index >= 15 is 0 Å². The number of halogens is 1. The number of anilines is 3. The van der Waals surface area contributed by atoms with Crippen molar-refractivity contribution in [1.82, 2.24) is 9.97 Å². The fraction of sp³-hybridized carbons (Fsp3) is 0.375. The average molecular weight is 305 g/mol. The zero-order valence-corrected chi connectivity index (χ0v) is 13.4. The second-order valence-electron chi connectivity index (χ2n) is 5.20. The number of hydrogen-bond donors (Lipinski definition) is 2. The minimum Gasteiger partial charge on any atom is -0.370 e. The number of rotatable bonds is 6. The predicted molar refractivity (Wildman–Crippen MR) is 89.6 cm³/mol. The van der Waals surface area contributed by atoms with Crippen LogP contribution in [0.3, 0.4) is 0 Å². The van der Waals surface area contributed by atoms with Crippen molar-refractivity contribution in [3.05, 3.63) is 41.2 Å². The Labute approximate surface area is 131 Å². The van der Waals surface area contributed by atoms with Crippen LogP contribution in [0.5, 0.6) is 0 Å². The molecule has 2 aromatic rings. The summed E-state index contributed by atoms with van der Waals surface area (Å²) in [5.41, 5.74) is 2.01. The minimum atomic E-state index is 0.312. The molecule has 0 spiro atoms. The van der Waals surface area contributed by atoms with Crippen LogP contribution in [0.1, 0.15) is 38.7 Å². The van der Waals surface area contributed by atoms with E-state index in [1.165, 1.54) is 0 Å². The number of hydrogen-bond acceptors (Lipinski definition) is 4. The Hall–Kier alpha value is -1.81. The van der Waals surface area contributed by atoms with Gasteiger partial charge in [0.05, 0.1) is 0 Å². The first-order valence-corrected chi connectivity index (χ1v) is 7.61. The fourth-order valence-electron chi connectivity index (χ4n) is 2.13. The van der Waals surface area contributed by atoms with Crippen LogP contribution in [0.4, 0.5) is 17.3 Å². The Morgan fingerprint density at radius 1 is 1.19 bits per heavy atom. The molecule has 1 heterocycles. The number of aromatic nitrogens is 2. The molecular weight excluding hydrogens is 284 g/mol. The molecule has 2 N–H and O–H groups in total. The molecule has 0 unspecified atom stereocenters. The van der Waals surface area contributed by atoms with Crippen LogP contribution in [0.2, 0.25) is 5.02 Å². The maximum atomic E-state index is 6.03. The third kappa shape index (κ3) is 4.08. The van der Waals surface area contributed by atoms with E-state index in [9.17, 15) is 0 Å². The Kier molecular flexibility index (Phi) is 5.39. The van der Waals surface area contributed by atoms with E-state index in [0.717, 1.165) is 35.9 Å². The Morgan fingerprint density at radius 3 is 2.62 bits per heavy atom. The van der Waals surface area contributed by atoms with Crippen LogP contribution >= 0.6 is 11.6 Å². The first-order chi connectivity index (χ1) is 10.1. The zero-order chi connectivity index (χ0) is 15.2. The summed E-state index contributed by atoms with van der Waals surface area (Å²) in [6.45, 7) is 7.31. The molecule has 0 aliphatic carbocycles. The largest absolute Gasteiger partial charge is 0.370 e. The molecule has 1 aromatic carbocycles. The van der Waals surface area contributed by atoms with Crippen LogP contribution in [0.15, 0.2) is 30.6 Å². The lowest BCUT2D eigenvalue weighted by Crippen LogP contribution is -2.10. The molecule has 112 valence electrons. The van der Waals surface area contributed by atoms with Gasteiger partial charge in [-0.15, -0.1) is 0 Å². The second kappa shape index (κ2) is 7.27. The number of nitrogens with one attached hydrogen (secondary N) is 2. The number of benzene rings is 1. The maximum absolute atomic E-state index is 6.03. The van der Waals surface area contributed by atoms with E-state index in [2.05, 4.69) is 41.4 Å². The molecular formula is C16H21ClN4. The third-order valence-corrected chi connectivity index (χ3v) is 3.33. The molecule has 1 aromatic heterocycles. The van der Waals surface area contributed by atoms with Gasteiger partial charge < -0.3 is 10.6 Å². The van der Waals surface area contributed by atoms with Gasteiger partial charge in [-0.05, 0) is 30.5 Å². The molecule has 0 atom stereocenters. The van der Waals surface area contributed by atoms with Crippen LogP contribution < -0.4 is 10.6 Å². The lowest BCUT2D eigenvalue weighted by molar-refractivity contribution is 0.844. The van der Waals surface area contributed by atoms with Crippen molar-refractivity contribution in [2.75, 3.05) is 17.2 Å². The van der Waals surface area contributed by atoms with E-state index in [1.807, 2.05) is 24.3 Å². The lowest BCUT2D eigenvalue weighted by Gasteiger charge is -2.17. The zero-order valence-electron chi connectivity index (χ0n) is 12.7. The van der Waals surface area contributed by atoms with Gasteiger partial charge in [-0.25, -0.2) is 9.97 Å². The summed E-state index contributed by atoms with van der Waals surface area (Å²) in [6, 6.07) is 7.62. The van der Waals surface area contributed by atoms with E-state index in [1.54, 1.807) is 6.33 Å². The van der Waals surface area contributed by atoms with E-state index in [0.29, 0.717) is 10.9 Å². The summed E-state index contributed by atoms with van der Waals surface area (Å²) in [5.74, 6) is 2.03. The van der Waals surface area contributed by atoms with Crippen molar-refractivity contribution in [2.45, 2.75) is 33.1 Å². The van der Waals surface area contributed by atoms with Gasteiger partial charge in [0.1, 0.15) is 18.0 Å². The SMILES string of the molecule is CCCNc1ncnc(Nc2cccc(Cl)c2)c1C(C)C. The molecule has 0 amide bonds. The van der Waals surface area contributed by atoms with Crippen molar-refractivity contribution in [2.24, 2.45) is 0 Å². The molecule has 0 saturated carbocycles. The fourth-order valence-corrected chi connectivity index (χ4v) is 2.32. The van der Waals surface area contributed by atoms with Crippen LogP contribution in [0, 0.1) is 0 Å². The highest BCUT2D eigenvalue weighted by molar-refractivity contribution is 6.30. The molecule has 0 aliphatic heterocycles. The summed E-state index contributed by atoms with van der Waals surface area (Å²) < 4.78 is 0. The Morgan fingerprint density at radius 2 is 1.95 bits per heavy atom. The third-order valence-electron chi connectivity index (χ3n) is 3.09. The summed E-state index contributed by atoms with van der Waals surface area (Å²) in [7, 11) is 0. The van der Waals surface area contributed by atoms with Gasteiger partial charge in [-0.2, -0.15) is 0 Å². The summed E-state index contributed by atoms with van der Waals surface area (Å²) in [4.78, 5) is 8.76. The van der Waals surface area contributed by atoms with Gasteiger partial charge in [0, 0.05) is 22.8 Å². The summed E-state index contributed by atoms with van der Waals surface area (Å²) in [6.07, 6.45) is 2.63. The molecule has 2 rings (SSSR count). The monoisotopic (exact) mass is 304 g/mol. The standard InChI is InChI=1S/C16H21ClN4/c1-4-8-18-15-14(11(2)3)16(20-10-19-15)21-13-7-5-6-12(17)9-13/h5-7,9-11H,4,8H2,1-3H3,(H2,18,19,20,21). The quantitative estimate of drug-likeness (QED) is 0.803. The molecule has 0 radical (unpaired) electrons. The highest BCUT2D eigenvalue weighted by Gasteiger charge is 2.14. The summed E-state index contributed by atoms with van der Waals surface area (Å²) in [5, 5.41) is 7.40. The highest BCUT2D eigenvalue weighted by atomic mass is 35.5. The molecule has 5 heteroatoms. The van der Waals surface area contributed by atoms with Gasteiger partial charge in [-0.1, -0.05) is 38.4 Å². The topological polar surface area (TPSA) is 49.8 Å². The lowest BCUT2D eigenvalue weighted by atomic mass is 10.0. The van der Waals surface area contributed by atoms with Crippen molar-refractivity contribution in [3.63, 3.8) is 0 Å². The van der Waals surface area contributed by atoms with E-state index < -0.39 is 0 Å². The van der Waals surface area contributed by atoms with Gasteiger partial charge in [0.25, 0.3) is 0 Å². The molecule has 0 aliphatic rings. The van der Waals surface area contributed by atoms with Crippen LogP contribution in [-0.2, 0) is 0 Å². The molecule has 0 bridgehead atoms. The van der Waals surface area contributed by atoms with Gasteiger partial charge in [0.2, 0.25) is 0 Å². The molecule has 4 nitrogen and oxygen atoms in total. The van der Waals surface area contributed by atoms with Gasteiger partial charge >= 0.3 is 0 Å². The summed E-state index contributed by atoms with van der Waals surface area (Å²) >= 11 is 6.03. The first-order valence-electron chi connectivity index (χ1n) is 7.23.